The number of carbonyl (C=O) groups excluding carboxylic acids is 1. The number of rotatable bonds is 4. The van der Waals surface area contributed by atoms with Gasteiger partial charge in [0.05, 0.1) is 6.54 Å². The Hall–Kier alpha value is -4.07. The molecule has 3 unspecified atom stereocenters. The fourth-order valence-electron chi connectivity index (χ4n) is 6.61. The van der Waals surface area contributed by atoms with Gasteiger partial charge in [0.15, 0.2) is 0 Å². The average Bonchev–Trinajstić information content (AvgIpc) is 3.17. The molecule has 6 rings (SSSR count). The predicted molar refractivity (Wildman–Crippen MR) is 258 cm³/mol. The molecule has 2 aromatic carbocycles. The van der Waals surface area contributed by atoms with Crippen LogP contribution in [0.25, 0.3) is 0 Å². The molecule has 0 fully saturated rings. The third-order valence-electron chi connectivity index (χ3n) is 9.85. The van der Waals surface area contributed by atoms with Crippen LogP contribution in [-0.4, -0.2) is 56.2 Å². The van der Waals surface area contributed by atoms with E-state index in [4.69, 9.17) is 9.47 Å². The monoisotopic (exact) mass is 854 g/mol. The van der Waals surface area contributed by atoms with Gasteiger partial charge in [0.25, 0.3) is 0 Å². The summed E-state index contributed by atoms with van der Waals surface area (Å²) in [6.45, 7) is 22.6. The summed E-state index contributed by atoms with van der Waals surface area (Å²) in [4.78, 5) is 13.8. The lowest BCUT2D eigenvalue weighted by Gasteiger charge is -2.31. The molecule has 1 aliphatic heterocycles. The maximum absolute atomic E-state index is 12.5. The van der Waals surface area contributed by atoms with E-state index in [0.717, 1.165) is 43.9 Å². The summed E-state index contributed by atoms with van der Waals surface area (Å²) in [6, 6.07) is 17.1. The molecule has 342 valence electrons. The number of hydrogen-bond acceptors (Lipinski definition) is 3. The first kappa shape index (κ1) is 55.9. The summed E-state index contributed by atoms with van der Waals surface area (Å²) in [5, 5.41) is 0. The van der Waals surface area contributed by atoms with Crippen molar-refractivity contribution in [2.24, 2.45) is 23.7 Å². The van der Waals surface area contributed by atoms with Gasteiger partial charge in [-0.25, -0.2) is 0 Å². The normalized spacial score (nSPS) is 19.5. The minimum Gasteiger partial charge on any atom is -0.376 e. The number of hydrogen-bond donors (Lipinski definition) is 0. The highest BCUT2D eigenvalue weighted by atomic mass is 19.3. The molecule has 0 bridgehead atoms. The molecule has 2 aromatic rings. The number of alkyl halides is 2. The summed E-state index contributed by atoms with van der Waals surface area (Å²) < 4.78 is 35.6. The molecule has 0 radical (unpaired) electrons. The molecule has 6 heteroatoms. The number of carbonyl (C=O) groups is 1. The Morgan fingerprint density at radius 1 is 0.677 bits per heavy atom. The minimum atomic E-state index is -2.71. The first-order chi connectivity index (χ1) is 29.5. The van der Waals surface area contributed by atoms with Crippen LogP contribution < -0.4 is 0 Å². The summed E-state index contributed by atoms with van der Waals surface area (Å²) in [5.41, 5.74) is 5.15. The maximum Gasteiger partial charge on any atom is 0.308 e. The zero-order valence-corrected chi connectivity index (χ0v) is 40.7. The lowest BCUT2D eigenvalue weighted by molar-refractivity contribution is -0.137. The maximum atomic E-state index is 12.5. The van der Waals surface area contributed by atoms with Crippen LogP contribution in [0.4, 0.5) is 8.78 Å². The van der Waals surface area contributed by atoms with Crippen LogP contribution in [0.5, 0.6) is 0 Å². The van der Waals surface area contributed by atoms with Gasteiger partial charge in [-0.1, -0.05) is 155 Å². The second kappa shape index (κ2) is 32.6. The van der Waals surface area contributed by atoms with Crippen molar-refractivity contribution in [1.29, 1.82) is 0 Å². The van der Waals surface area contributed by atoms with Crippen LogP contribution in [0.15, 0.2) is 48.5 Å². The third kappa shape index (κ3) is 25.1. The predicted octanol–water partition coefficient (Wildman–Crippen LogP) is 13.5. The van der Waals surface area contributed by atoms with Crippen molar-refractivity contribution in [2.75, 3.05) is 27.3 Å². The highest BCUT2D eigenvalue weighted by Gasteiger charge is 2.27. The van der Waals surface area contributed by atoms with Crippen LogP contribution in [0.2, 0.25) is 0 Å². The Bertz CT molecular complexity index is 1780. The first-order valence-corrected chi connectivity index (χ1v) is 23.4. The lowest BCUT2D eigenvalue weighted by atomic mass is 9.79. The number of nitrogens with zero attached hydrogens (tertiary/aromatic N) is 1. The van der Waals surface area contributed by atoms with Crippen molar-refractivity contribution in [3.05, 3.63) is 70.8 Å². The van der Waals surface area contributed by atoms with Gasteiger partial charge in [-0.15, -0.1) is 11.8 Å². The Balaban J connectivity index is 0.000000406. The Labute approximate surface area is 378 Å². The van der Waals surface area contributed by atoms with E-state index in [1.165, 1.54) is 47.9 Å². The van der Waals surface area contributed by atoms with Crippen LogP contribution in [-0.2, 0) is 20.7 Å². The van der Waals surface area contributed by atoms with Gasteiger partial charge in [-0.3, -0.25) is 4.79 Å². The van der Waals surface area contributed by atoms with E-state index in [-0.39, 0.29) is 30.5 Å². The van der Waals surface area contributed by atoms with Crippen molar-refractivity contribution in [3.8, 4) is 47.4 Å². The number of amides is 1. The van der Waals surface area contributed by atoms with E-state index in [2.05, 4.69) is 145 Å². The summed E-state index contributed by atoms with van der Waals surface area (Å²) in [7, 11) is 3.24. The largest absolute Gasteiger partial charge is 0.376 e. The highest BCUT2D eigenvalue weighted by Crippen LogP contribution is 2.32. The summed E-state index contributed by atoms with van der Waals surface area (Å²) in [5.74, 6) is 23.7. The summed E-state index contributed by atoms with van der Waals surface area (Å²) >= 11 is 0. The second-order valence-electron chi connectivity index (χ2n) is 18.3. The molecule has 1 amide bonds. The van der Waals surface area contributed by atoms with Crippen molar-refractivity contribution >= 4 is 5.91 Å². The molecule has 0 spiro atoms. The molecule has 4 nitrogen and oxygen atoms in total. The van der Waals surface area contributed by atoms with E-state index in [0.29, 0.717) is 44.2 Å². The molecule has 62 heavy (non-hydrogen) atoms. The molecule has 1 heterocycles. The zero-order chi connectivity index (χ0) is 46.3. The van der Waals surface area contributed by atoms with Gasteiger partial charge >= 0.3 is 5.92 Å². The topological polar surface area (TPSA) is 38.8 Å². The summed E-state index contributed by atoms with van der Waals surface area (Å²) in [6.07, 6.45) is 12.1. The molecule has 3 atom stereocenters. The zero-order valence-electron chi connectivity index (χ0n) is 40.7. The fraction of sp³-hybridized carbons (Fsp3) is 0.625. The van der Waals surface area contributed by atoms with E-state index in [1.807, 2.05) is 24.7 Å². The van der Waals surface area contributed by atoms with Gasteiger partial charge < -0.3 is 14.4 Å². The minimum absolute atomic E-state index is 0.000821. The van der Waals surface area contributed by atoms with Gasteiger partial charge in [-0.2, -0.15) is 8.78 Å². The molecule has 0 saturated heterocycles. The molecular weight excluding hydrogens is 773 g/mol. The van der Waals surface area contributed by atoms with Crippen molar-refractivity contribution in [2.45, 2.75) is 177 Å². The van der Waals surface area contributed by atoms with Crippen molar-refractivity contribution in [3.63, 3.8) is 0 Å². The van der Waals surface area contributed by atoms with E-state index >= 15 is 0 Å². The van der Waals surface area contributed by atoms with E-state index in [9.17, 15) is 13.6 Å². The lowest BCUT2D eigenvalue weighted by Crippen LogP contribution is -2.46. The van der Waals surface area contributed by atoms with Crippen LogP contribution in [0.3, 0.4) is 0 Å². The van der Waals surface area contributed by atoms with Gasteiger partial charge in [0, 0.05) is 69.9 Å². The molecular formula is C56H81F2NO3. The van der Waals surface area contributed by atoms with Crippen molar-refractivity contribution < 1.29 is 23.0 Å². The standard InChI is InChI=1S/C19H18.C13H21NO3.C8H10F2.C8H12.2C4H10/c1-14(2)19-13-17-9-4-3-7-15(17)11-12-16-8-5-6-10-18(16)19;1-10(2)13(15)14-8-6-5-7-11(16-3)12(9-14)17-4;9-8(10)6-4-2-1-3-5-7-8;1-2-4-6-8-7-5-3-1;2*1-4(2)3/h3-10,14,19H,13H2,1-2H3;10-12H,6,8-9H2,1-4H3;1-4,6H2;1-6H2;2*4H,1-3H3. The number of benzene rings is 2. The van der Waals surface area contributed by atoms with Gasteiger partial charge in [0.2, 0.25) is 5.91 Å². The number of halogens is 2. The second-order valence-corrected chi connectivity index (χ2v) is 18.3. The van der Waals surface area contributed by atoms with Crippen LogP contribution in [0, 0.1) is 71.0 Å². The fourth-order valence-corrected chi connectivity index (χ4v) is 6.61. The SMILES string of the molecule is C1#CCCCCCC1.CC(C)C.CC(C)C.CC(C)C1Cc2ccccc2C#Cc2ccccc21.COC1C#CCCN(C(=O)C(C)C)CC1OC.FC1(F)C#CCCCCC1. The smallest absolute Gasteiger partial charge is 0.308 e. The Morgan fingerprint density at radius 3 is 1.77 bits per heavy atom. The number of fused-ring (bicyclic) bond motifs is 2. The Kier molecular flexibility index (Phi) is 29.4. The quantitative estimate of drug-likeness (QED) is 0.288. The van der Waals surface area contributed by atoms with Gasteiger partial charge in [-0.05, 0) is 85.0 Å². The third-order valence-corrected chi connectivity index (χ3v) is 9.85. The van der Waals surface area contributed by atoms with Gasteiger partial charge in [0.1, 0.15) is 12.2 Å². The highest BCUT2D eigenvalue weighted by molar-refractivity contribution is 5.78. The Morgan fingerprint density at radius 2 is 1.21 bits per heavy atom. The van der Waals surface area contributed by atoms with E-state index < -0.39 is 5.92 Å². The van der Waals surface area contributed by atoms with Crippen LogP contribution in [0.1, 0.15) is 174 Å². The van der Waals surface area contributed by atoms with E-state index in [1.54, 1.807) is 14.2 Å². The molecule has 3 aliphatic carbocycles. The first-order valence-electron chi connectivity index (χ1n) is 23.4. The molecule has 0 N–H and O–H groups in total. The van der Waals surface area contributed by atoms with Crippen molar-refractivity contribution in [1.82, 2.24) is 4.90 Å². The average molecular weight is 854 g/mol. The van der Waals surface area contributed by atoms with Crippen LogP contribution >= 0.6 is 0 Å². The molecule has 4 aliphatic rings. The number of methoxy groups -OCH3 is 2. The molecule has 0 aromatic heterocycles. The number of ether oxygens (including phenoxy) is 2. The molecule has 0 saturated carbocycles.